The molecule has 1 aliphatic rings. The molecular weight excluding hydrogens is 228 g/mol. The van der Waals surface area contributed by atoms with Gasteiger partial charge < -0.3 is 25.2 Å². The topological polar surface area (TPSA) is 116 Å². The number of aliphatic hydroxyl groups excluding tert-OH is 3. The highest BCUT2D eigenvalue weighted by Gasteiger charge is 2.53. The Kier molecular flexibility index (Phi) is 3.11. The minimum absolute atomic E-state index is 0.0229. The first-order valence-electron chi connectivity index (χ1n) is 5.17. The van der Waals surface area contributed by atoms with Gasteiger partial charge in [0.25, 0.3) is 0 Å². The first-order valence-corrected chi connectivity index (χ1v) is 5.17. The number of rotatable bonds is 1. The molecule has 94 valence electrons. The summed E-state index contributed by atoms with van der Waals surface area (Å²) in [5.41, 5.74) is -0.0229. The lowest BCUT2D eigenvalue weighted by Crippen LogP contribution is -2.62. The quantitative estimate of drug-likeness (QED) is 0.455. The third-order valence-electron chi connectivity index (χ3n) is 2.85. The van der Waals surface area contributed by atoms with Gasteiger partial charge in [0, 0.05) is 12.4 Å². The number of aliphatic hydroxyl groups is 4. The Hall–Kier alpha value is -1.12. The minimum atomic E-state index is -2.17. The standard InChI is InChI=1S/C10H14N2O5/c1-5-7(13)8(14)9(15)10(16,17-5)6-4-11-2-3-12-6/h2-5,7-9,13-16H,1H3/t5-,7-,8+,9+,10?/m0/s1. The molecule has 2 heterocycles. The second kappa shape index (κ2) is 4.28. The van der Waals surface area contributed by atoms with E-state index < -0.39 is 30.2 Å². The SMILES string of the molecule is C[C@@H]1OC(O)(c2cnccn2)[C@H](O)[C@H](O)[C@H]1O. The number of ether oxygens (including phenoxy) is 1. The molecule has 1 fully saturated rings. The molecule has 1 aromatic rings. The molecule has 0 saturated carbocycles. The van der Waals surface area contributed by atoms with Crippen molar-refractivity contribution in [2.45, 2.75) is 37.1 Å². The minimum Gasteiger partial charge on any atom is -0.388 e. The predicted molar refractivity (Wildman–Crippen MR) is 54.5 cm³/mol. The Bertz CT molecular complexity index is 390. The van der Waals surface area contributed by atoms with E-state index in [1.165, 1.54) is 25.5 Å². The van der Waals surface area contributed by atoms with Crippen LogP contribution >= 0.6 is 0 Å². The Balaban J connectivity index is 2.37. The lowest BCUT2D eigenvalue weighted by Gasteiger charge is -2.44. The molecule has 7 nitrogen and oxygen atoms in total. The summed E-state index contributed by atoms with van der Waals surface area (Å²) in [5, 5.41) is 39.1. The predicted octanol–water partition coefficient (Wildman–Crippen LogP) is -1.88. The Labute approximate surface area is 97.3 Å². The van der Waals surface area contributed by atoms with Crippen LogP contribution in [0.3, 0.4) is 0 Å². The maximum Gasteiger partial charge on any atom is 0.241 e. The van der Waals surface area contributed by atoms with Gasteiger partial charge in [-0.2, -0.15) is 0 Å². The second-order valence-corrected chi connectivity index (χ2v) is 4.04. The molecular formula is C10H14N2O5. The van der Waals surface area contributed by atoms with Crippen LogP contribution < -0.4 is 0 Å². The highest BCUT2D eigenvalue weighted by molar-refractivity contribution is 5.11. The maximum absolute atomic E-state index is 10.2. The van der Waals surface area contributed by atoms with Gasteiger partial charge >= 0.3 is 0 Å². The Morgan fingerprint density at radius 3 is 2.53 bits per heavy atom. The third-order valence-corrected chi connectivity index (χ3v) is 2.85. The van der Waals surface area contributed by atoms with E-state index in [0.717, 1.165) is 0 Å². The lowest BCUT2D eigenvalue weighted by molar-refractivity contribution is -0.353. The lowest BCUT2D eigenvalue weighted by atomic mass is 9.91. The largest absolute Gasteiger partial charge is 0.388 e. The summed E-state index contributed by atoms with van der Waals surface area (Å²) in [6.07, 6.45) is -1.40. The average Bonchev–Trinajstić information content (AvgIpc) is 2.35. The van der Waals surface area contributed by atoms with Gasteiger partial charge in [0.15, 0.2) is 0 Å². The fourth-order valence-corrected chi connectivity index (χ4v) is 1.81. The number of hydrogen-bond donors (Lipinski definition) is 4. The van der Waals surface area contributed by atoms with Crippen LogP contribution in [0, 0.1) is 0 Å². The zero-order valence-electron chi connectivity index (χ0n) is 9.13. The summed E-state index contributed by atoms with van der Waals surface area (Å²) in [6.45, 7) is 1.47. The van der Waals surface area contributed by atoms with Crippen LogP contribution in [-0.4, -0.2) is 54.8 Å². The maximum atomic E-state index is 10.2. The van der Waals surface area contributed by atoms with Crippen LogP contribution in [0.5, 0.6) is 0 Å². The first-order chi connectivity index (χ1) is 7.97. The van der Waals surface area contributed by atoms with Crippen LogP contribution in [0.4, 0.5) is 0 Å². The van der Waals surface area contributed by atoms with Crippen LogP contribution in [0.2, 0.25) is 0 Å². The molecule has 0 amide bonds. The second-order valence-electron chi connectivity index (χ2n) is 4.04. The van der Waals surface area contributed by atoms with Gasteiger partial charge in [0.05, 0.1) is 12.3 Å². The molecule has 7 heteroatoms. The van der Waals surface area contributed by atoms with Crippen molar-refractivity contribution >= 4 is 0 Å². The molecule has 2 rings (SSSR count). The summed E-state index contributed by atoms with van der Waals surface area (Å²) in [5.74, 6) is -2.17. The highest BCUT2D eigenvalue weighted by atomic mass is 16.7. The smallest absolute Gasteiger partial charge is 0.241 e. The van der Waals surface area contributed by atoms with E-state index in [-0.39, 0.29) is 5.69 Å². The van der Waals surface area contributed by atoms with Gasteiger partial charge in [-0.05, 0) is 6.92 Å². The number of nitrogens with zero attached hydrogens (tertiary/aromatic N) is 2. The fourth-order valence-electron chi connectivity index (χ4n) is 1.81. The zero-order chi connectivity index (χ0) is 12.6. The molecule has 1 aliphatic heterocycles. The van der Waals surface area contributed by atoms with Crippen LogP contribution in [0.1, 0.15) is 12.6 Å². The van der Waals surface area contributed by atoms with Gasteiger partial charge in [0.2, 0.25) is 5.79 Å². The summed E-state index contributed by atoms with van der Waals surface area (Å²) >= 11 is 0. The van der Waals surface area contributed by atoms with E-state index in [2.05, 4.69) is 9.97 Å². The van der Waals surface area contributed by atoms with E-state index >= 15 is 0 Å². The average molecular weight is 242 g/mol. The molecule has 0 bridgehead atoms. The summed E-state index contributed by atoms with van der Waals surface area (Å²) in [4.78, 5) is 7.58. The summed E-state index contributed by atoms with van der Waals surface area (Å²) in [6, 6.07) is 0. The van der Waals surface area contributed by atoms with Gasteiger partial charge in [0.1, 0.15) is 24.0 Å². The first kappa shape index (κ1) is 12.3. The molecule has 0 spiro atoms. The van der Waals surface area contributed by atoms with Gasteiger partial charge in [-0.15, -0.1) is 0 Å². The van der Waals surface area contributed by atoms with Gasteiger partial charge in [-0.1, -0.05) is 0 Å². The Morgan fingerprint density at radius 2 is 1.94 bits per heavy atom. The molecule has 4 N–H and O–H groups in total. The highest BCUT2D eigenvalue weighted by Crippen LogP contribution is 2.34. The number of hydrogen-bond acceptors (Lipinski definition) is 7. The van der Waals surface area contributed by atoms with Gasteiger partial charge in [-0.3, -0.25) is 9.97 Å². The zero-order valence-corrected chi connectivity index (χ0v) is 9.13. The molecule has 1 saturated heterocycles. The van der Waals surface area contributed by atoms with Crippen molar-refractivity contribution in [2.24, 2.45) is 0 Å². The van der Waals surface area contributed by atoms with Crippen molar-refractivity contribution in [1.82, 2.24) is 9.97 Å². The molecule has 17 heavy (non-hydrogen) atoms. The molecule has 5 atom stereocenters. The molecule has 0 aromatic carbocycles. The molecule has 0 aliphatic carbocycles. The van der Waals surface area contributed by atoms with Crippen LogP contribution in [0.15, 0.2) is 18.6 Å². The monoisotopic (exact) mass is 242 g/mol. The van der Waals surface area contributed by atoms with Crippen molar-refractivity contribution in [1.29, 1.82) is 0 Å². The number of aromatic nitrogens is 2. The van der Waals surface area contributed by atoms with Crippen LogP contribution in [-0.2, 0) is 10.5 Å². The van der Waals surface area contributed by atoms with Crippen molar-refractivity contribution in [3.8, 4) is 0 Å². The van der Waals surface area contributed by atoms with E-state index in [1.54, 1.807) is 0 Å². The van der Waals surface area contributed by atoms with Gasteiger partial charge in [-0.25, -0.2) is 0 Å². The Morgan fingerprint density at radius 1 is 1.24 bits per heavy atom. The summed E-state index contributed by atoms with van der Waals surface area (Å²) in [7, 11) is 0. The molecule has 1 unspecified atom stereocenters. The third kappa shape index (κ3) is 1.92. The fraction of sp³-hybridized carbons (Fsp3) is 0.600. The van der Waals surface area contributed by atoms with Crippen molar-refractivity contribution in [2.75, 3.05) is 0 Å². The van der Waals surface area contributed by atoms with Crippen molar-refractivity contribution < 1.29 is 25.2 Å². The van der Waals surface area contributed by atoms with Crippen LogP contribution in [0.25, 0.3) is 0 Å². The molecule has 1 aromatic heterocycles. The summed E-state index contributed by atoms with van der Waals surface area (Å²) < 4.78 is 5.15. The normalized spacial score (nSPS) is 42.4. The molecule has 0 radical (unpaired) electrons. The van der Waals surface area contributed by atoms with E-state index in [1.807, 2.05) is 0 Å². The van der Waals surface area contributed by atoms with E-state index in [9.17, 15) is 20.4 Å². The van der Waals surface area contributed by atoms with E-state index in [0.29, 0.717) is 0 Å². The van der Waals surface area contributed by atoms with Crippen molar-refractivity contribution in [3.05, 3.63) is 24.3 Å². The van der Waals surface area contributed by atoms with Crippen molar-refractivity contribution in [3.63, 3.8) is 0 Å². The van der Waals surface area contributed by atoms with E-state index in [4.69, 9.17) is 4.74 Å².